The maximum absolute atomic E-state index is 9.70. The van der Waals surface area contributed by atoms with Crippen LogP contribution in [0.15, 0.2) is 27.9 Å². The SMILES string of the molecule is C[C@]12CC[C@@H]3c4ccc(O)cc4CC[C@H]3[C@@H]1CC=C2I. The second kappa shape index (κ2) is 4.49. The lowest BCUT2D eigenvalue weighted by Crippen LogP contribution is -2.40. The fraction of sp³-hybridized carbons (Fsp3) is 0.556. The molecule has 0 aliphatic heterocycles. The largest absolute Gasteiger partial charge is 0.508 e. The fourth-order valence-electron chi connectivity index (χ4n) is 5.08. The molecule has 1 fully saturated rings. The molecule has 20 heavy (non-hydrogen) atoms. The molecule has 4 atom stereocenters. The van der Waals surface area contributed by atoms with Crippen molar-refractivity contribution < 1.29 is 5.11 Å². The average molecular weight is 380 g/mol. The zero-order chi connectivity index (χ0) is 13.9. The van der Waals surface area contributed by atoms with Gasteiger partial charge in [0.2, 0.25) is 0 Å². The van der Waals surface area contributed by atoms with Gasteiger partial charge in [0.15, 0.2) is 0 Å². The number of rotatable bonds is 0. The molecule has 0 heterocycles. The first-order chi connectivity index (χ1) is 9.59. The first kappa shape index (κ1) is 13.2. The third kappa shape index (κ3) is 1.73. The zero-order valence-electron chi connectivity index (χ0n) is 11.9. The van der Waals surface area contributed by atoms with E-state index < -0.39 is 0 Å². The van der Waals surface area contributed by atoms with Crippen LogP contribution in [-0.4, -0.2) is 5.11 Å². The molecule has 1 aromatic rings. The van der Waals surface area contributed by atoms with Crippen LogP contribution >= 0.6 is 22.6 Å². The maximum Gasteiger partial charge on any atom is 0.115 e. The van der Waals surface area contributed by atoms with E-state index >= 15 is 0 Å². The summed E-state index contributed by atoms with van der Waals surface area (Å²) < 4.78 is 1.61. The Morgan fingerprint density at radius 3 is 3.00 bits per heavy atom. The summed E-state index contributed by atoms with van der Waals surface area (Å²) in [5.74, 6) is 2.84. The van der Waals surface area contributed by atoms with Crippen LogP contribution in [0.3, 0.4) is 0 Å². The fourth-order valence-corrected chi connectivity index (χ4v) is 6.01. The molecule has 0 radical (unpaired) electrons. The van der Waals surface area contributed by atoms with Crippen molar-refractivity contribution in [2.45, 2.75) is 44.9 Å². The van der Waals surface area contributed by atoms with E-state index in [9.17, 15) is 5.11 Å². The number of phenolic OH excluding ortho intramolecular Hbond substituents is 1. The molecule has 0 unspecified atom stereocenters. The molecule has 0 spiro atoms. The van der Waals surface area contributed by atoms with E-state index in [2.05, 4.69) is 41.7 Å². The summed E-state index contributed by atoms with van der Waals surface area (Å²) in [5.41, 5.74) is 3.38. The number of fused-ring (bicyclic) bond motifs is 5. The highest BCUT2D eigenvalue weighted by molar-refractivity contribution is 14.1. The summed E-state index contributed by atoms with van der Waals surface area (Å²) in [5, 5.41) is 9.70. The molecular formula is C18H21IO. The Balaban J connectivity index is 1.72. The summed E-state index contributed by atoms with van der Waals surface area (Å²) in [4.78, 5) is 0. The van der Waals surface area contributed by atoms with Crippen LogP contribution in [0.4, 0.5) is 0 Å². The minimum absolute atomic E-state index is 0.430. The van der Waals surface area contributed by atoms with Crippen molar-refractivity contribution in [1.29, 1.82) is 0 Å². The number of benzene rings is 1. The van der Waals surface area contributed by atoms with Crippen LogP contribution in [0.1, 0.15) is 49.7 Å². The van der Waals surface area contributed by atoms with E-state index in [-0.39, 0.29) is 0 Å². The average Bonchev–Trinajstić information content (AvgIpc) is 2.74. The minimum atomic E-state index is 0.430. The number of allylic oxidation sites excluding steroid dienone is 2. The molecule has 2 heteroatoms. The number of aromatic hydroxyl groups is 1. The van der Waals surface area contributed by atoms with Crippen molar-refractivity contribution in [3.63, 3.8) is 0 Å². The Labute approximate surface area is 134 Å². The summed E-state index contributed by atoms with van der Waals surface area (Å²) >= 11 is 2.58. The standard InChI is InChI=1S/C18H21IO/c1-18-9-8-14-13-5-3-12(20)10-11(13)2-4-15(14)16(18)6-7-17(18)19/h3,5,7,10,14-16,20H,2,4,6,8-9H2,1H3/t14-,15-,16+,18+/m1/s1. The molecule has 1 aromatic carbocycles. The Morgan fingerprint density at radius 2 is 2.15 bits per heavy atom. The van der Waals surface area contributed by atoms with E-state index in [0.29, 0.717) is 11.2 Å². The lowest BCUT2D eigenvalue weighted by molar-refractivity contribution is 0.0815. The predicted molar refractivity (Wildman–Crippen MR) is 90.2 cm³/mol. The van der Waals surface area contributed by atoms with Crippen LogP contribution in [-0.2, 0) is 6.42 Å². The topological polar surface area (TPSA) is 20.2 Å². The maximum atomic E-state index is 9.70. The smallest absolute Gasteiger partial charge is 0.115 e. The van der Waals surface area contributed by atoms with Gasteiger partial charge < -0.3 is 5.11 Å². The quantitative estimate of drug-likeness (QED) is 0.615. The Kier molecular flexibility index (Phi) is 2.96. The second-order valence-electron chi connectivity index (χ2n) is 7.04. The molecule has 3 aliphatic rings. The molecule has 0 bridgehead atoms. The van der Waals surface area contributed by atoms with Gasteiger partial charge in [-0.2, -0.15) is 0 Å². The zero-order valence-corrected chi connectivity index (χ0v) is 14.1. The van der Waals surface area contributed by atoms with E-state index in [1.54, 1.807) is 3.58 Å². The molecule has 0 amide bonds. The monoisotopic (exact) mass is 380 g/mol. The lowest BCUT2D eigenvalue weighted by Gasteiger charge is -2.49. The number of halogens is 1. The van der Waals surface area contributed by atoms with E-state index in [1.807, 2.05) is 12.1 Å². The molecule has 3 aliphatic carbocycles. The summed E-state index contributed by atoms with van der Waals surface area (Å²) in [6.45, 7) is 2.49. The summed E-state index contributed by atoms with van der Waals surface area (Å²) in [7, 11) is 0. The highest BCUT2D eigenvalue weighted by Crippen LogP contribution is 2.62. The number of phenols is 1. The molecule has 0 aromatic heterocycles. The van der Waals surface area contributed by atoms with Crippen molar-refractivity contribution in [3.05, 3.63) is 39.0 Å². The molecule has 4 rings (SSSR count). The highest BCUT2D eigenvalue weighted by atomic mass is 127. The van der Waals surface area contributed by atoms with Gasteiger partial charge in [-0.15, -0.1) is 0 Å². The van der Waals surface area contributed by atoms with Gasteiger partial charge in [-0.05, 0) is 99.3 Å². The van der Waals surface area contributed by atoms with Crippen molar-refractivity contribution in [2.24, 2.45) is 17.3 Å². The van der Waals surface area contributed by atoms with Crippen molar-refractivity contribution >= 4 is 22.6 Å². The normalized spacial score (nSPS) is 38.7. The van der Waals surface area contributed by atoms with Crippen LogP contribution in [0.5, 0.6) is 5.75 Å². The molecule has 1 N–H and O–H groups in total. The van der Waals surface area contributed by atoms with Gasteiger partial charge in [0, 0.05) is 5.41 Å². The highest BCUT2D eigenvalue weighted by Gasteiger charge is 2.51. The van der Waals surface area contributed by atoms with Gasteiger partial charge in [-0.3, -0.25) is 0 Å². The van der Waals surface area contributed by atoms with Gasteiger partial charge in [0.25, 0.3) is 0 Å². The van der Waals surface area contributed by atoms with Gasteiger partial charge in [-0.25, -0.2) is 0 Å². The van der Waals surface area contributed by atoms with E-state index in [1.165, 1.54) is 36.8 Å². The van der Waals surface area contributed by atoms with Crippen LogP contribution in [0, 0.1) is 17.3 Å². The van der Waals surface area contributed by atoms with Crippen molar-refractivity contribution in [1.82, 2.24) is 0 Å². The first-order valence-corrected chi connectivity index (χ1v) is 8.85. The Hall–Kier alpha value is -0.510. The lowest BCUT2D eigenvalue weighted by atomic mass is 9.56. The molecule has 0 saturated heterocycles. The predicted octanol–water partition coefficient (Wildman–Crippen LogP) is 5.18. The van der Waals surface area contributed by atoms with Crippen molar-refractivity contribution in [3.8, 4) is 5.75 Å². The molecular weight excluding hydrogens is 359 g/mol. The van der Waals surface area contributed by atoms with Gasteiger partial charge in [0.1, 0.15) is 5.75 Å². The van der Waals surface area contributed by atoms with Crippen LogP contribution in [0.2, 0.25) is 0 Å². The van der Waals surface area contributed by atoms with Gasteiger partial charge >= 0.3 is 0 Å². The summed E-state index contributed by atoms with van der Waals surface area (Å²) in [6.07, 6.45) is 8.86. The third-order valence-corrected chi connectivity index (χ3v) is 7.87. The Morgan fingerprint density at radius 1 is 1.30 bits per heavy atom. The van der Waals surface area contributed by atoms with Crippen LogP contribution < -0.4 is 0 Å². The van der Waals surface area contributed by atoms with Gasteiger partial charge in [0.05, 0.1) is 0 Å². The van der Waals surface area contributed by atoms with E-state index in [4.69, 9.17) is 0 Å². The third-order valence-electron chi connectivity index (χ3n) is 6.20. The second-order valence-corrected chi connectivity index (χ2v) is 8.20. The van der Waals surface area contributed by atoms with Crippen molar-refractivity contribution in [2.75, 3.05) is 0 Å². The molecule has 1 saturated carbocycles. The van der Waals surface area contributed by atoms with Crippen LogP contribution in [0.25, 0.3) is 0 Å². The number of aryl methyl sites for hydroxylation is 1. The Bertz CT molecular complexity index is 591. The molecule has 106 valence electrons. The summed E-state index contributed by atoms with van der Waals surface area (Å²) in [6, 6.07) is 6.07. The van der Waals surface area contributed by atoms with E-state index in [0.717, 1.165) is 24.2 Å². The molecule has 1 nitrogen and oxygen atoms in total. The first-order valence-electron chi connectivity index (χ1n) is 7.77. The number of hydrogen-bond donors (Lipinski definition) is 1. The minimum Gasteiger partial charge on any atom is -0.508 e. The number of hydrogen-bond acceptors (Lipinski definition) is 1. The van der Waals surface area contributed by atoms with Gasteiger partial charge in [-0.1, -0.05) is 19.1 Å².